The highest BCUT2D eigenvalue weighted by Crippen LogP contribution is 2.31. The minimum atomic E-state index is -0.663. The number of nitrogens with one attached hydrogen (secondary N) is 1. The molecule has 0 fully saturated rings. The molecule has 1 N–H and O–H groups in total. The highest BCUT2D eigenvalue weighted by Gasteiger charge is 2.22. The van der Waals surface area contributed by atoms with Crippen LogP contribution in [-0.4, -0.2) is 21.6 Å². The molecular formula is C19H14ClN3O4. The molecule has 0 radical (unpaired) electrons. The van der Waals surface area contributed by atoms with E-state index in [0.717, 1.165) is 35.0 Å². The number of nitrogens with zero attached hydrogens (tertiary/aromatic N) is 2. The van der Waals surface area contributed by atoms with E-state index in [1.54, 1.807) is 0 Å². The summed E-state index contributed by atoms with van der Waals surface area (Å²) in [6.45, 7) is 0. The zero-order valence-electron chi connectivity index (χ0n) is 14.1. The Hall–Kier alpha value is -3.19. The number of nitro benzene ring substituents is 1. The summed E-state index contributed by atoms with van der Waals surface area (Å²) in [6.07, 6.45) is 2.46. The number of aromatic nitrogens is 1. The van der Waals surface area contributed by atoms with Crippen LogP contribution < -0.4 is 0 Å². The van der Waals surface area contributed by atoms with Crippen LogP contribution in [0.2, 0.25) is 5.02 Å². The second kappa shape index (κ2) is 6.85. The zero-order valence-corrected chi connectivity index (χ0v) is 14.8. The Morgan fingerprint density at radius 2 is 1.96 bits per heavy atom. The second-order valence-corrected chi connectivity index (χ2v) is 6.68. The summed E-state index contributed by atoms with van der Waals surface area (Å²) in [5.41, 5.74) is 3.70. The van der Waals surface area contributed by atoms with Gasteiger partial charge in [0.1, 0.15) is 5.71 Å². The van der Waals surface area contributed by atoms with Gasteiger partial charge in [-0.3, -0.25) is 10.1 Å². The van der Waals surface area contributed by atoms with Crippen LogP contribution in [0.4, 0.5) is 5.69 Å². The first-order valence-corrected chi connectivity index (χ1v) is 8.74. The molecule has 7 nitrogen and oxygen atoms in total. The van der Waals surface area contributed by atoms with Gasteiger partial charge in [0.25, 0.3) is 5.69 Å². The standard InChI is InChI=1S/C19H14ClN3O4/c20-12-6-9-16-15(10-12)14-2-1-3-17(18(14)21-16)22-27-19(24)11-4-7-13(8-5-11)23(25)26/h4-10,21H,1-3H2. The van der Waals surface area contributed by atoms with Gasteiger partial charge >= 0.3 is 5.97 Å². The molecule has 1 heterocycles. The third-order valence-corrected chi connectivity index (χ3v) is 4.78. The van der Waals surface area contributed by atoms with E-state index >= 15 is 0 Å². The SMILES string of the molecule is O=C(ON=C1CCCc2c1[nH]c1ccc(Cl)cc21)c1ccc([N+](=O)[O-])cc1. The molecule has 3 aromatic rings. The first-order chi connectivity index (χ1) is 13.0. The minimum absolute atomic E-state index is 0.0912. The smallest absolute Gasteiger partial charge is 0.353 e. The third-order valence-electron chi connectivity index (χ3n) is 4.55. The molecule has 0 bridgehead atoms. The number of benzene rings is 2. The molecule has 0 spiro atoms. The van der Waals surface area contributed by atoms with Crippen LogP contribution in [0.5, 0.6) is 0 Å². The summed E-state index contributed by atoms with van der Waals surface area (Å²) < 4.78 is 0. The van der Waals surface area contributed by atoms with Gasteiger partial charge in [-0.1, -0.05) is 16.8 Å². The van der Waals surface area contributed by atoms with Gasteiger partial charge < -0.3 is 9.82 Å². The van der Waals surface area contributed by atoms with Crippen molar-refractivity contribution in [1.29, 1.82) is 0 Å². The molecule has 0 unspecified atom stereocenters. The van der Waals surface area contributed by atoms with Gasteiger partial charge in [0, 0.05) is 28.1 Å². The molecule has 0 saturated carbocycles. The van der Waals surface area contributed by atoms with Crippen molar-refractivity contribution in [2.24, 2.45) is 5.16 Å². The van der Waals surface area contributed by atoms with Crippen molar-refractivity contribution in [3.63, 3.8) is 0 Å². The van der Waals surface area contributed by atoms with Gasteiger partial charge in [0.2, 0.25) is 0 Å². The molecule has 0 saturated heterocycles. The Morgan fingerprint density at radius 1 is 1.19 bits per heavy atom. The fraction of sp³-hybridized carbons (Fsp3) is 0.158. The van der Waals surface area contributed by atoms with Crippen LogP contribution in [0.15, 0.2) is 47.6 Å². The predicted molar refractivity (Wildman–Crippen MR) is 101 cm³/mol. The van der Waals surface area contributed by atoms with E-state index in [0.29, 0.717) is 17.2 Å². The Balaban J connectivity index is 1.59. The van der Waals surface area contributed by atoms with Crippen LogP contribution in [-0.2, 0) is 11.3 Å². The highest BCUT2D eigenvalue weighted by atomic mass is 35.5. The number of aromatic amines is 1. The van der Waals surface area contributed by atoms with E-state index in [9.17, 15) is 14.9 Å². The lowest BCUT2D eigenvalue weighted by molar-refractivity contribution is -0.384. The number of rotatable bonds is 3. The second-order valence-electron chi connectivity index (χ2n) is 6.24. The third kappa shape index (κ3) is 3.29. The number of non-ortho nitro benzene ring substituents is 1. The fourth-order valence-corrected chi connectivity index (χ4v) is 3.42. The molecule has 0 atom stereocenters. The molecule has 8 heteroatoms. The van der Waals surface area contributed by atoms with Gasteiger partial charge in [0.05, 0.1) is 16.2 Å². The first-order valence-electron chi connectivity index (χ1n) is 8.36. The Labute approximate surface area is 158 Å². The minimum Gasteiger partial charge on any atom is -0.353 e. The lowest BCUT2D eigenvalue weighted by Crippen LogP contribution is -2.13. The average molecular weight is 384 g/mol. The fourth-order valence-electron chi connectivity index (χ4n) is 3.24. The van der Waals surface area contributed by atoms with Crippen molar-refractivity contribution in [1.82, 2.24) is 4.98 Å². The molecule has 1 aromatic heterocycles. The van der Waals surface area contributed by atoms with Gasteiger partial charge in [-0.15, -0.1) is 0 Å². The van der Waals surface area contributed by atoms with Crippen molar-refractivity contribution in [2.75, 3.05) is 0 Å². The van der Waals surface area contributed by atoms with Crippen LogP contribution in [0.3, 0.4) is 0 Å². The Kier molecular flexibility index (Phi) is 4.37. The number of aryl methyl sites for hydroxylation is 1. The van der Waals surface area contributed by atoms with E-state index in [4.69, 9.17) is 16.4 Å². The van der Waals surface area contributed by atoms with E-state index in [1.165, 1.54) is 24.3 Å². The van der Waals surface area contributed by atoms with Crippen LogP contribution in [0, 0.1) is 10.1 Å². The van der Waals surface area contributed by atoms with Crippen molar-refractivity contribution in [2.45, 2.75) is 19.3 Å². The monoisotopic (exact) mass is 383 g/mol. The maximum absolute atomic E-state index is 12.2. The number of hydrogen-bond donors (Lipinski definition) is 1. The van der Waals surface area contributed by atoms with Crippen LogP contribution in [0.1, 0.15) is 34.5 Å². The quantitative estimate of drug-likeness (QED) is 0.405. The van der Waals surface area contributed by atoms with Crippen molar-refractivity contribution >= 4 is 39.9 Å². The number of carbonyl (C=O) groups is 1. The van der Waals surface area contributed by atoms with E-state index in [2.05, 4.69) is 10.1 Å². The number of oxime groups is 1. The summed E-state index contributed by atoms with van der Waals surface area (Å²) >= 11 is 6.10. The van der Waals surface area contributed by atoms with Crippen molar-refractivity contribution in [3.05, 3.63) is 74.4 Å². The van der Waals surface area contributed by atoms with E-state index in [-0.39, 0.29) is 11.3 Å². The number of H-pyrrole nitrogens is 1. The van der Waals surface area contributed by atoms with Crippen LogP contribution >= 0.6 is 11.6 Å². The summed E-state index contributed by atoms with van der Waals surface area (Å²) in [7, 11) is 0. The van der Waals surface area contributed by atoms with Crippen LogP contribution in [0.25, 0.3) is 10.9 Å². The van der Waals surface area contributed by atoms with Crippen molar-refractivity contribution < 1.29 is 14.6 Å². The molecule has 2 aromatic carbocycles. The topological polar surface area (TPSA) is 97.6 Å². The number of fused-ring (bicyclic) bond motifs is 3. The van der Waals surface area contributed by atoms with Gasteiger partial charge in [-0.05, 0) is 55.2 Å². The maximum atomic E-state index is 12.2. The summed E-state index contributed by atoms with van der Waals surface area (Å²) in [5.74, 6) is -0.663. The summed E-state index contributed by atoms with van der Waals surface area (Å²) in [6, 6.07) is 10.8. The molecule has 0 aliphatic heterocycles. The van der Waals surface area contributed by atoms with Gasteiger partial charge in [-0.25, -0.2) is 4.79 Å². The number of carbonyl (C=O) groups excluding carboxylic acids is 1. The van der Waals surface area contributed by atoms with E-state index < -0.39 is 10.9 Å². The normalized spacial score (nSPS) is 14.9. The number of nitro groups is 1. The van der Waals surface area contributed by atoms with Gasteiger partial charge in [0.15, 0.2) is 0 Å². The molecule has 136 valence electrons. The van der Waals surface area contributed by atoms with E-state index in [1.807, 2.05) is 18.2 Å². The maximum Gasteiger partial charge on any atom is 0.365 e. The number of halogens is 1. The Morgan fingerprint density at radius 3 is 2.70 bits per heavy atom. The molecule has 4 rings (SSSR count). The molecule has 0 amide bonds. The largest absolute Gasteiger partial charge is 0.365 e. The predicted octanol–water partition coefficient (Wildman–Crippen LogP) is 4.63. The molecule has 1 aliphatic carbocycles. The molecule has 1 aliphatic rings. The molecule has 27 heavy (non-hydrogen) atoms. The number of hydrogen-bond acceptors (Lipinski definition) is 5. The van der Waals surface area contributed by atoms with Crippen molar-refractivity contribution in [3.8, 4) is 0 Å². The zero-order chi connectivity index (χ0) is 19.0. The lowest BCUT2D eigenvalue weighted by atomic mass is 9.94. The summed E-state index contributed by atoms with van der Waals surface area (Å²) in [4.78, 5) is 30.7. The lowest BCUT2D eigenvalue weighted by Gasteiger charge is -2.13. The van der Waals surface area contributed by atoms with Gasteiger partial charge in [-0.2, -0.15) is 0 Å². The average Bonchev–Trinajstić information content (AvgIpc) is 3.04. The summed E-state index contributed by atoms with van der Waals surface area (Å²) in [5, 5.41) is 16.4. The highest BCUT2D eigenvalue weighted by molar-refractivity contribution is 6.31. The first kappa shape index (κ1) is 17.2. The molecular weight excluding hydrogens is 370 g/mol. The Bertz CT molecular complexity index is 1090.